The Bertz CT molecular complexity index is 772. The molecule has 0 amide bonds. The van der Waals surface area contributed by atoms with Gasteiger partial charge in [-0.3, -0.25) is 24.4 Å². The molecule has 0 N–H and O–H groups in total. The minimum atomic E-state index is -4.41. The minimum absolute atomic E-state index is 0.209. The molecule has 0 unspecified atom stereocenters. The first-order valence-corrected chi connectivity index (χ1v) is 8.57. The quantitative estimate of drug-likeness (QED) is 0.221. The van der Waals surface area contributed by atoms with Crippen LogP contribution < -0.4 is 4.90 Å². The Hall–Kier alpha value is -2.42. The first kappa shape index (κ1) is 21.6. The Balaban J connectivity index is 0.000000487. The Kier molecular flexibility index (Phi) is 6.91. The molecule has 0 aliphatic carbocycles. The molecule has 1 saturated heterocycles. The van der Waals surface area contributed by atoms with E-state index in [9.17, 15) is 33.2 Å². The number of hydrogen-bond donors (Lipinski definition) is 0. The number of pyridine rings is 1. The van der Waals surface area contributed by atoms with Gasteiger partial charge in [-0.15, -0.1) is 0 Å². The van der Waals surface area contributed by atoms with Crippen LogP contribution in [0, 0.1) is 20.2 Å². The van der Waals surface area contributed by atoms with E-state index < -0.39 is 20.2 Å². The summed E-state index contributed by atoms with van der Waals surface area (Å²) in [5.41, 5.74) is -0.681. The summed E-state index contributed by atoms with van der Waals surface area (Å²) in [6.07, 6.45) is 1.07. The molecular formula is C12H19N5O8S. The van der Waals surface area contributed by atoms with E-state index >= 15 is 0 Å². The fraction of sp³-hybridized carbons (Fsp3) is 0.583. The van der Waals surface area contributed by atoms with Crippen molar-refractivity contribution in [3.8, 4) is 0 Å². The second-order valence-electron chi connectivity index (χ2n) is 6.00. The summed E-state index contributed by atoms with van der Waals surface area (Å²) in [5.74, 6) is 0.209. The van der Waals surface area contributed by atoms with Crippen LogP contribution >= 0.6 is 0 Å². The lowest BCUT2D eigenvalue weighted by atomic mass is 10.2. The number of aromatic nitrogens is 1. The molecule has 14 heteroatoms. The van der Waals surface area contributed by atoms with E-state index in [-0.39, 0.29) is 17.2 Å². The van der Waals surface area contributed by atoms with Crippen LogP contribution in [-0.2, 0) is 14.6 Å². The molecule has 0 bridgehead atoms. The maximum atomic E-state index is 11.1. The number of nitro groups is 2. The van der Waals surface area contributed by atoms with Gasteiger partial charge in [0.15, 0.2) is 0 Å². The smallest absolute Gasteiger partial charge is 0.318 e. The van der Waals surface area contributed by atoms with Crippen molar-refractivity contribution >= 4 is 27.6 Å². The van der Waals surface area contributed by atoms with Crippen molar-refractivity contribution in [2.24, 2.45) is 0 Å². The van der Waals surface area contributed by atoms with E-state index in [0.29, 0.717) is 13.1 Å². The molecule has 1 aromatic rings. The molecule has 1 aliphatic heterocycles. The van der Waals surface area contributed by atoms with E-state index in [4.69, 9.17) is 0 Å². The zero-order valence-corrected chi connectivity index (χ0v) is 15.2. The minimum Gasteiger partial charge on any atom is -0.726 e. The topological polar surface area (TPSA) is 169 Å². The van der Waals surface area contributed by atoms with Gasteiger partial charge in [-0.1, -0.05) is 0 Å². The number of quaternary nitrogens is 1. The third-order valence-electron chi connectivity index (χ3n) is 3.69. The van der Waals surface area contributed by atoms with Crippen LogP contribution in [-0.4, -0.2) is 79.7 Å². The van der Waals surface area contributed by atoms with Gasteiger partial charge in [-0.2, -0.15) is 0 Å². The molecule has 26 heavy (non-hydrogen) atoms. The SMILES string of the molecule is COS(=O)(=O)[O-].C[N+]1(C)CCN(c2ncc([N+](=O)[O-])cc2[N+](=O)[O-])CC1. The van der Waals surface area contributed by atoms with Crippen LogP contribution in [0.15, 0.2) is 12.3 Å². The third-order valence-corrected chi connectivity index (χ3v) is 4.10. The molecule has 2 heterocycles. The molecule has 0 atom stereocenters. The van der Waals surface area contributed by atoms with E-state index in [2.05, 4.69) is 23.3 Å². The van der Waals surface area contributed by atoms with E-state index in [1.54, 1.807) is 0 Å². The number of nitrogens with zero attached hydrogens (tertiary/aromatic N) is 5. The lowest BCUT2D eigenvalue weighted by Crippen LogP contribution is -2.55. The molecule has 0 saturated carbocycles. The lowest BCUT2D eigenvalue weighted by molar-refractivity contribution is -0.890. The average Bonchev–Trinajstić information content (AvgIpc) is 2.54. The fourth-order valence-electron chi connectivity index (χ4n) is 2.13. The molecule has 0 radical (unpaired) electrons. The number of rotatable bonds is 4. The van der Waals surface area contributed by atoms with Gasteiger partial charge in [-0.25, -0.2) is 13.4 Å². The number of hydrogen-bond acceptors (Lipinski definition) is 10. The van der Waals surface area contributed by atoms with E-state index in [1.807, 2.05) is 4.90 Å². The van der Waals surface area contributed by atoms with Crippen LogP contribution in [0.4, 0.5) is 17.2 Å². The molecule has 0 aromatic carbocycles. The van der Waals surface area contributed by atoms with Gasteiger partial charge in [0, 0.05) is 0 Å². The summed E-state index contributed by atoms with van der Waals surface area (Å²) < 4.78 is 31.9. The first-order valence-electron chi connectivity index (χ1n) is 7.23. The maximum absolute atomic E-state index is 11.1. The van der Waals surface area contributed by atoms with Crippen molar-refractivity contribution in [1.82, 2.24) is 4.98 Å². The molecule has 2 rings (SSSR count). The Morgan fingerprint density at radius 2 is 1.69 bits per heavy atom. The Morgan fingerprint density at radius 3 is 2.08 bits per heavy atom. The highest BCUT2D eigenvalue weighted by Crippen LogP contribution is 2.30. The summed E-state index contributed by atoms with van der Waals surface area (Å²) in [7, 11) is 0.580. The van der Waals surface area contributed by atoms with E-state index in [1.165, 1.54) is 0 Å². The normalized spacial score (nSPS) is 16.4. The molecular weight excluding hydrogens is 374 g/mol. The molecule has 146 valence electrons. The van der Waals surface area contributed by atoms with Gasteiger partial charge < -0.3 is 13.9 Å². The summed E-state index contributed by atoms with van der Waals surface area (Å²) in [5, 5.41) is 21.8. The van der Waals surface area contributed by atoms with Crippen LogP contribution in [0.1, 0.15) is 0 Å². The monoisotopic (exact) mass is 393 g/mol. The van der Waals surface area contributed by atoms with Gasteiger partial charge in [0.1, 0.15) is 6.20 Å². The van der Waals surface area contributed by atoms with E-state index in [0.717, 1.165) is 36.9 Å². The molecule has 1 aliphatic rings. The second kappa shape index (κ2) is 8.31. The highest BCUT2D eigenvalue weighted by atomic mass is 32.3. The zero-order chi connectivity index (χ0) is 20.1. The van der Waals surface area contributed by atoms with Crippen LogP contribution in [0.3, 0.4) is 0 Å². The van der Waals surface area contributed by atoms with Gasteiger partial charge in [0.25, 0.3) is 5.69 Å². The highest BCUT2D eigenvalue weighted by molar-refractivity contribution is 7.80. The van der Waals surface area contributed by atoms with Gasteiger partial charge in [0.2, 0.25) is 16.2 Å². The van der Waals surface area contributed by atoms with Crippen LogP contribution in [0.2, 0.25) is 0 Å². The Morgan fingerprint density at radius 1 is 1.19 bits per heavy atom. The standard InChI is InChI=1S/C11H16N5O4.CH4O4S/c1-16(2)5-3-13(4-6-16)11-10(15(19)20)7-9(8-12-11)14(17)18;1-5-6(2,3)4/h7-8H,3-6H2,1-2H3;1H3,(H,2,3,4)/q+1;/p-1. The summed E-state index contributed by atoms with van der Waals surface area (Å²) in [6, 6.07) is 0.969. The largest absolute Gasteiger partial charge is 0.726 e. The fourth-order valence-corrected chi connectivity index (χ4v) is 2.13. The summed E-state index contributed by atoms with van der Waals surface area (Å²) in [6.45, 7) is 2.96. The van der Waals surface area contributed by atoms with Crippen molar-refractivity contribution < 1.29 is 31.5 Å². The molecule has 13 nitrogen and oxygen atoms in total. The van der Waals surface area contributed by atoms with Crippen molar-refractivity contribution in [1.29, 1.82) is 0 Å². The zero-order valence-electron chi connectivity index (χ0n) is 14.4. The molecule has 1 fully saturated rings. The summed E-state index contributed by atoms with van der Waals surface area (Å²) in [4.78, 5) is 26.2. The van der Waals surface area contributed by atoms with Gasteiger partial charge in [0.05, 0.1) is 63.3 Å². The van der Waals surface area contributed by atoms with Crippen molar-refractivity contribution in [2.45, 2.75) is 0 Å². The summed E-state index contributed by atoms with van der Waals surface area (Å²) >= 11 is 0. The van der Waals surface area contributed by atoms with Crippen molar-refractivity contribution in [3.63, 3.8) is 0 Å². The van der Waals surface area contributed by atoms with Crippen LogP contribution in [0.25, 0.3) is 0 Å². The maximum Gasteiger partial charge on any atom is 0.318 e. The predicted octanol–water partition coefficient (Wildman–Crippen LogP) is -0.113. The lowest BCUT2D eigenvalue weighted by Gasteiger charge is -2.39. The molecule has 1 aromatic heterocycles. The highest BCUT2D eigenvalue weighted by Gasteiger charge is 2.30. The number of anilines is 1. The predicted molar refractivity (Wildman–Crippen MR) is 88.3 cm³/mol. The van der Waals surface area contributed by atoms with Gasteiger partial charge >= 0.3 is 5.69 Å². The molecule has 0 spiro atoms. The van der Waals surface area contributed by atoms with Crippen molar-refractivity contribution in [2.75, 3.05) is 52.3 Å². The number of likely N-dealkylation sites (N-methyl/N-ethyl adjacent to an activating group) is 1. The average molecular weight is 393 g/mol. The Labute approximate surface area is 149 Å². The second-order valence-corrected chi connectivity index (χ2v) is 7.15. The van der Waals surface area contributed by atoms with Crippen molar-refractivity contribution in [3.05, 3.63) is 32.5 Å². The number of piperazine rings is 1. The first-order chi connectivity index (χ1) is 11.9. The third kappa shape index (κ3) is 6.47. The van der Waals surface area contributed by atoms with Gasteiger partial charge in [-0.05, 0) is 0 Å². The van der Waals surface area contributed by atoms with Crippen LogP contribution in [0.5, 0.6) is 0 Å².